The minimum absolute atomic E-state index is 0.470. The molecule has 0 spiro atoms. The first-order valence-corrected chi connectivity index (χ1v) is 5.65. The number of aromatic nitrogens is 2. The van der Waals surface area contributed by atoms with E-state index in [1.807, 2.05) is 0 Å². The maximum absolute atomic E-state index is 13.3. The van der Waals surface area contributed by atoms with Crippen LogP contribution in [0.2, 0.25) is 0 Å². The lowest BCUT2D eigenvalue weighted by Crippen LogP contribution is -2.08. The standard InChI is InChI=1S/C7H9FN2O4S/c1-13-5-4(8)6(14-2)10-7(9-5)15(3,11)12/h1-3H3. The lowest BCUT2D eigenvalue weighted by molar-refractivity contribution is 0.319. The van der Waals surface area contributed by atoms with Gasteiger partial charge in [0.2, 0.25) is 15.7 Å². The van der Waals surface area contributed by atoms with E-state index >= 15 is 0 Å². The van der Waals surface area contributed by atoms with Crippen LogP contribution in [0.3, 0.4) is 0 Å². The molecule has 1 rings (SSSR count). The van der Waals surface area contributed by atoms with E-state index in [-0.39, 0.29) is 0 Å². The average molecular weight is 236 g/mol. The van der Waals surface area contributed by atoms with E-state index in [2.05, 4.69) is 19.4 Å². The quantitative estimate of drug-likeness (QED) is 0.689. The molecule has 1 heterocycles. The Morgan fingerprint density at radius 3 is 1.80 bits per heavy atom. The maximum Gasteiger partial charge on any atom is 0.258 e. The molecule has 0 radical (unpaired) electrons. The van der Waals surface area contributed by atoms with Crippen molar-refractivity contribution in [2.24, 2.45) is 0 Å². The number of sulfone groups is 1. The van der Waals surface area contributed by atoms with Gasteiger partial charge in [0.1, 0.15) is 0 Å². The van der Waals surface area contributed by atoms with Gasteiger partial charge in [0.15, 0.2) is 0 Å². The molecule has 0 saturated heterocycles. The Labute approximate surface area is 86.0 Å². The SMILES string of the molecule is COc1nc(S(C)(=O)=O)nc(OC)c1F. The molecule has 6 nitrogen and oxygen atoms in total. The average Bonchev–Trinajstić information content (AvgIpc) is 2.16. The van der Waals surface area contributed by atoms with Crippen molar-refractivity contribution in [3.8, 4) is 11.8 Å². The molecule has 84 valence electrons. The Balaban J connectivity index is 3.47. The second-order valence-corrected chi connectivity index (χ2v) is 4.52. The number of rotatable bonds is 3. The summed E-state index contributed by atoms with van der Waals surface area (Å²) in [6, 6.07) is 0. The molecule has 0 aliphatic heterocycles. The highest BCUT2D eigenvalue weighted by Gasteiger charge is 2.20. The van der Waals surface area contributed by atoms with Gasteiger partial charge in [-0.05, 0) is 0 Å². The van der Waals surface area contributed by atoms with E-state index in [4.69, 9.17) is 0 Å². The summed E-state index contributed by atoms with van der Waals surface area (Å²) >= 11 is 0. The van der Waals surface area contributed by atoms with Crippen molar-refractivity contribution in [2.75, 3.05) is 20.5 Å². The fourth-order valence-electron chi connectivity index (χ4n) is 0.825. The van der Waals surface area contributed by atoms with Crippen molar-refractivity contribution in [3.63, 3.8) is 0 Å². The zero-order valence-electron chi connectivity index (χ0n) is 8.31. The molecule has 0 N–H and O–H groups in total. The van der Waals surface area contributed by atoms with E-state index < -0.39 is 32.6 Å². The van der Waals surface area contributed by atoms with Gasteiger partial charge in [0, 0.05) is 6.26 Å². The van der Waals surface area contributed by atoms with E-state index in [0.29, 0.717) is 0 Å². The molecule has 15 heavy (non-hydrogen) atoms. The largest absolute Gasteiger partial charge is 0.479 e. The van der Waals surface area contributed by atoms with Gasteiger partial charge in [0.05, 0.1) is 14.2 Å². The first kappa shape index (κ1) is 11.6. The van der Waals surface area contributed by atoms with Crippen molar-refractivity contribution < 1.29 is 22.3 Å². The lowest BCUT2D eigenvalue weighted by Gasteiger charge is -2.06. The smallest absolute Gasteiger partial charge is 0.258 e. The highest BCUT2D eigenvalue weighted by Crippen LogP contribution is 2.23. The van der Waals surface area contributed by atoms with Crippen molar-refractivity contribution in [3.05, 3.63) is 5.82 Å². The van der Waals surface area contributed by atoms with Crippen LogP contribution < -0.4 is 9.47 Å². The highest BCUT2D eigenvalue weighted by atomic mass is 32.2. The summed E-state index contributed by atoms with van der Waals surface area (Å²) in [4.78, 5) is 6.79. The fourth-order valence-corrected chi connectivity index (χ4v) is 1.32. The summed E-state index contributed by atoms with van der Waals surface area (Å²) < 4.78 is 44.6. The van der Waals surface area contributed by atoms with Gasteiger partial charge in [-0.25, -0.2) is 8.42 Å². The predicted molar refractivity (Wildman–Crippen MR) is 48.2 cm³/mol. The number of ether oxygens (including phenoxy) is 2. The minimum atomic E-state index is -3.63. The van der Waals surface area contributed by atoms with E-state index in [9.17, 15) is 12.8 Å². The van der Waals surface area contributed by atoms with Crippen LogP contribution in [0.5, 0.6) is 11.8 Å². The maximum atomic E-state index is 13.3. The van der Waals surface area contributed by atoms with E-state index in [1.165, 1.54) is 0 Å². The molecule has 1 aromatic rings. The van der Waals surface area contributed by atoms with Crippen LogP contribution in [-0.2, 0) is 9.84 Å². The Bertz CT molecular complexity index is 449. The van der Waals surface area contributed by atoms with Crippen LogP contribution in [0, 0.1) is 5.82 Å². The second kappa shape index (κ2) is 3.97. The first-order valence-electron chi connectivity index (χ1n) is 3.75. The van der Waals surface area contributed by atoms with Crippen LogP contribution >= 0.6 is 0 Å². The van der Waals surface area contributed by atoms with Crippen molar-refractivity contribution in [1.29, 1.82) is 0 Å². The predicted octanol–water partition coefficient (Wildman–Crippen LogP) is 0.0364. The van der Waals surface area contributed by atoms with Crippen LogP contribution in [0.4, 0.5) is 4.39 Å². The summed E-state index contributed by atoms with van der Waals surface area (Å²) in [5.74, 6) is -1.88. The summed E-state index contributed by atoms with van der Waals surface area (Å²) in [5, 5.41) is -0.544. The Morgan fingerprint density at radius 1 is 1.13 bits per heavy atom. The molecule has 0 fully saturated rings. The highest BCUT2D eigenvalue weighted by molar-refractivity contribution is 7.90. The third kappa shape index (κ3) is 2.32. The van der Waals surface area contributed by atoms with Crippen LogP contribution in [0.15, 0.2) is 5.16 Å². The number of hydrogen-bond donors (Lipinski definition) is 0. The number of nitrogens with zero attached hydrogens (tertiary/aromatic N) is 2. The molecular formula is C7H9FN2O4S. The second-order valence-electron chi connectivity index (χ2n) is 2.61. The van der Waals surface area contributed by atoms with Gasteiger partial charge in [-0.1, -0.05) is 0 Å². The number of halogens is 1. The van der Waals surface area contributed by atoms with Crippen molar-refractivity contribution >= 4 is 9.84 Å². The molecule has 1 aromatic heterocycles. The fraction of sp³-hybridized carbons (Fsp3) is 0.429. The van der Waals surface area contributed by atoms with Gasteiger partial charge in [-0.3, -0.25) is 0 Å². The van der Waals surface area contributed by atoms with Crippen molar-refractivity contribution in [1.82, 2.24) is 9.97 Å². The third-order valence-corrected chi connectivity index (χ3v) is 2.33. The molecule has 0 amide bonds. The van der Waals surface area contributed by atoms with Gasteiger partial charge >= 0.3 is 0 Å². The van der Waals surface area contributed by atoms with E-state index in [1.54, 1.807) is 0 Å². The molecule has 0 aromatic carbocycles. The number of hydrogen-bond acceptors (Lipinski definition) is 6. The zero-order chi connectivity index (χ0) is 11.6. The Kier molecular flexibility index (Phi) is 3.08. The van der Waals surface area contributed by atoms with Gasteiger partial charge in [-0.2, -0.15) is 14.4 Å². The van der Waals surface area contributed by atoms with Gasteiger partial charge in [0.25, 0.3) is 16.9 Å². The first-order chi connectivity index (χ1) is 6.90. The van der Waals surface area contributed by atoms with Crippen LogP contribution in [-0.4, -0.2) is 38.9 Å². The third-order valence-electron chi connectivity index (χ3n) is 1.49. The van der Waals surface area contributed by atoms with Crippen LogP contribution in [0.1, 0.15) is 0 Å². The van der Waals surface area contributed by atoms with Gasteiger partial charge < -0.3 is 9.47 Å². The lowest BCUT2D eigenvalue weighted by atomic mass is 10.5. The molecule has 0 aliphatic rings. The summed E-state index contributed by atoms with van der Waals surface area (Å²) in [6.45, 7) is 0. The monoisotopic (exact) mass is 236 g/mol. The van der Waals surface area contributed by atoms with Crippen molar-refractivity contribution in [2.45, 2.75) is 5.16 Å². The summed E-state index contributed by atoms with van der Waals surface area (Å²) in [5.41, 5.74) is 0. The molecular weight excluding hydrogens is 227 g/mol. The summed E-state index contributed by atoms with van der Waals surface area (Å²) in [6.07, 6.45) is 0.902. The van der Waals surface area contributed by atoms with Gasteiger partial charge in [-0.15, -0.1) is 0 Å². The molecule has 0 atom stereocenters. The molecule has 0 unspecified atom stereocenters. The normalized spacial score (nSPS) is 11.2. The summed E-state index contributed by atoms with van der Waals surface area (Å²) in [7, 11) is -1.31. The minimum Gasteiger partial charge on any atom is -0.479 e. The van der Waals surface area contributed by atoms with E-state index in [0.717, 1.165) is 20.5 Å². The van der Waals surface area contributed by atoms with Crippen LogP contribution in [0.25, 0.3) is 0 Å². The molecule has 0 bridgehead atoms. The Hall–Kier alpha value is -1.44. The molecule has 8 heteroatoms. The topological polar surface area (TPSA) is 78.4 Å². The zero-order valence-corrected chi connectivity index (χ0v) is 9.13. The molecule has 0 aliphatic carbocycles. The molecule has 0 saturated carbocycles. The Morgan fingerprint density at radius 2 is 1.53 bits per heavy atom. The number of methoxy groups -OCH3 is 2.